The van der Waals surface area contributed by atoms with Crippen molar-refractivity contribution in [1.82, 2.24) is 10.2 Å². The van der Waals surface area contributed by atoms with Crippen LogP contribution in [0.15, 0.2) is 24.3 Å². The van der Waals surface area contributed by atoms with Crippen molar-refractivity contribution in [3.63, 3.8) is 0 Å². The number of ether oxygens (including phenoxy) is 1. The maximum atomic E-state index is 12.3. The van der Waals surface area contributed by atoms with Crippen molar-refractivity contribution in [1.29, 1.82) is 0 Å². The number of fused-ring (bicyclic) bond motifs is 1. The zero-order valence-corrected chi connectivity index (χ0v) is 14.1. The maximum Gasteiger partial charge on any atom is 0.223 e. The van der Waals surface area contributed by atoms with Crippen LogP contribution in [-0.2, 0) is 9.59 Å². The number of hydrogen-bond acceptors (Lipinski definition) is 3. The second-order valence-electron chi connectivity index (χ2n) is 7.37. The second kappa shape index (κ2) is 5.80. The molecule has 2 heterocycles. The molecule has 2 fully saturated rings. The first kappa shape index (κ1) is 15.5. The standard InChI is InChI=1S/C19H24N2O3/c1-13(22)21-10-8-19(9-11-21)12-16(20-18(23)14-6-7-14)15-4-2-3-5-17(15)24-19/h2-5,14,16H,6-12H2,1H3,(H,20,23). The van der Waals surface area contributed by atoms with Crippen LogP contribution in [0.25, 0.3) is 0 Å². The molecule has 24 heavy (non-hydrogen) atoms. The van der Waals surface area contributed by atoms with Gasteiger partial charge in [-0.3, -0.25) is 9.59 Å². The Morgan fingerprint density at radius 2 is 1.92 bits per heavy atom. The van der Waals surface area contributed by atoms with E-state index in [1.807, 2.05) is 29.2 Å². The van der Waals surface area contributed by atoms with Gasteiger partial charge >= 0.3 is 0 Å². The van der Waals surface area contributed by atoms with Gasteiger partial charge in [0.15, 0.2) is 0 Å². The lowest BCUT2D eigenvalue weighted by atomic mass is 9.80. The number of benzene rings is 1. The van der Waals surface area contributed by atoms with Gasteiger partial charge in [-0.25, -0.2) is 0 Å². The van der Waals surface area contributed by atoms with Gasteiger partial charge in [0.2, 0.25) is 11.8 Å². The number of amides is 2. The first-order valence-corrected chi connectivity index (χ1v) is 8.90. The van der Waals surface area contributed by atoms with E-state index in [2.05, 4.69) is 5.32 Å². The molecule has 1 spiro atoms. The maximum absolute atomic E-state index is 12.3. The fourth-order valence-corrected chi connectivity index (χ4v) is 3.92. The molecule has 4 rings (SSSR count). The number of rotatable bonds is 2. The molecular weight excluding hydrogens is 304 g/mol. The molecule has 2 aliphatic heterocycles. The van der Waals surface area contributed by atoms with Crippen LogP contribution in [0.3, 0.4) is 0 Å². The zero-order chi connectivity index (χ0) is 16.7. The second-order valence-corrected chi connectivity index (χ2v) is 7.37. The van der Waals surface area contributed by atoms with Crippen LogP contribution in [0.2, 0.25) is 0 Å². The summed E-state index contributed by atoms with van der Waals surface area (Å²) in [4.78, 5) is 25.8. The summed E-state index contributed by atoms with van der Waals surface area (Å²) in [7, 11) is 0. The SMILES string of the molecule is CC(=O)N1CCC2(CC1)CC(NC(=O)C1CC1)c1ccccc1O2. The minimum atomic E-state index is -0.276. The monoisotopic (exact) mass is 328 g/mol. The van der Waals surface area contributed by atoms with Crippen LogP contribution in [0.1, 0.15) is 50.6 Å². The van der Waals surface area contributed by atoms with E-state index in [0.29, 0.717) is 0 Å². The molecule has 3 aliphatic rings. The van der Waals surface area contributed by atoms with E-state index in [9.17, 15) is 9.59 Å². The molecular formula is C19H24N2O3. The van der Waals surface area contributed by atoms with Gasteiger partial charge < -0.3 is 15.0 Å². The van der Waals surface area contributed by atoms with Crippen molar-refractivity contribution >= 4 is 11.8 Å². The molecule has 2 amide bonds. The Morgan fingerprint density at radius 1 is 1.21 bits per heavy atom. The van der Waals surface area contributed by atoms with Crippen molar-refractivity contribution in [2.45, 2.75) is 50.7 Å². The van der Waals surface area contributed by atoms with Crippen molar-refractivity contribution in [3.05, 3.63) is 29.8 Å². The van der Waals surface area contributed by atoms with E-state index in [4.69, 9.17) is 4.74 Å². The number of piperidine rings is 1. The van der Waals surface area contributed by atoms with Crippen LogP contribution in [0, 0.1) is 5.92 Å². The van der Waals surface area contributed by atoms with Gasteiger partial charge in [0.1, 0.15) is 11.4 Å². The van der Waals surface area contributed by atoms with Gasteiger partial charge in [-0.2, -0.15) is 0 Å². The number of nitrogens with zero attached hydrogens (tertiary/aromatic N) is 1. The highest BCUT2D eigenvalue weighted by Gasteiger charge is 2.44. The largest absolute Gasteiger partial charge is 0.487 e. The van der Waals surface area contributed by atoms with Crippen LogP contribution >= 0.6 is 0 Å². The third-order valence-corrected chi connectivity index (χ3v) is 5.58. The smallest absolute Gasteiger partial charge is 0.223 e. The average molecular weight is 328 g/mol. The van der Waals surface area contributed by atoms with Gasteiger partial charge in [0, 0.05) is 50.8 Å². The summed E-state index contributed by atoms with van der Waals surface area (Å²) in [5, 5.41) is 3.24. The molecule has 1 saturated carbocycles. The van der Waals surface area contributed by atoms with E-state index in [0.717, 1.165) is 56.5 Å². The van der Waals surface area contributed by atoms with E-state index >= 15 is 0 Å². The first-order chi connectivity index (χ1) is 11.6. The molecule has 1 atom stereocenters. The van der Waals surface area contributed by atoms with Gasteiger partial charge in [0.25, 0.3) is 0 Å². The molecule has 1 N–H and O–H groups in total. The molecule has 5 heteroatoms. The zero-order valence-electron chi connectivity index (χ0n) is 14.1. The van der Waals surface area contributed by atoms with Crippen molar-refractivity contribution < 1.29 is 14.3 Å². The number of carbonyl (C=O) groups is 2. The molecule has 1 aromatic carbocycles. The van der Waals surface area contributed by atoms with Crippen LogP contribution in [0.4, 0.5) is 0 Å². The summed E-state index contributed by atoms with van der Waals surface area (Å²) in [6.07, 6.45) is 4.44. The van der Waals surface area contributed by atoms with Gasteiger partial charge in [0.05, 0.1) is 6.04 Å². The third kappa shape index (κ3) is 2.87. The van der Waals surface area contributed by atoms with E-state index in [1.165, 1.54) is 0 Å². The molecule has 0 bridgehead atoms. The van der Waals surface area contributed by atoms with Gasteiger partial charge in [-0.15, -0.1) is 0 Å². The number of likely N-dealkylation sites (tertiary alicyclic amines) is 1. The number of hydrogen-bond donors (Lipinski definition) is 1. The lowest BCUT2D eigenvalue weighted by Gasteiger charge is -2.46. The molecule has 0 aromatic heterocycles. The van der Waals surface area contributed by atoms with E-state index in [1.54, 1.807) is 6.92 Å². The molecule has 128 valence electrons. The predicted molar refractivity (Wildman–Crippen MR) is 89.5 cm³/mol. The highest BCUT2D eigenvalue weighted by Crippen LogP contribution is 2.44. The lowest BCUT2D eigenvalue weighted by Crippen LogP contribution is -2.53. The Bertz CT molecular complexity index is 660. The predicted octanol–water partition coefficient (Wildman–Crippen LogP) is 2.42. The summed E-state index contributed by atoms with van der Waals surface area (Å²) in [5.74, 6) is 1.38. The van der Waals surface area contributed by atoms with Crippen LogP contribution < -0.4 is 10.1 Å². The van der Waals surface area contributed by atoms with Crippen molar-refractivity contribution in [2.24, 2.45) is 5.92 Å². The summed E-state index contributed by atoms with van der Waals surface area (Å²) in [6.45, 7) is 3.06. The topological polar surface area (TPSA) is 58.6 Å². The van der Waals surface area contributed by atoms with Gasteiger partial charge in [-0.1, -0.05) is 18.2 Å². The molecule has 0 radical (unpaired) electrons. The molecule has 1 aliphatic carbocycles. The van der Waals surface area contributed by atoms with Gasteiger partial charge in [-0.05, 0) is 18.9 Å². The fraction of sp³-hybridized carbons (Fsp3) is 0.579. The Kier molecular flexibility index (Phi) is 3.74. The molecule has 1 saturated heterocycles. The normalized spacial score (nSPS) is 24.9. The van der Waals surface area contributed by atoms with Crippen LogP contribution in [0.5, 0.6) is 5.75 Å². The van der Waals surface area contributed by atoms with Crippen LogP contribution in [-0.4, -0.2) is 35.4 Å². The number of para-hydroxylation sites is 1. The van der Waals surface area contributed by atoms with Crippen molar-refractivity contribution in [3.8, 4) is 5.75 Å². The summed E-state index contributed by atoms with van der Waals surface area (Å²) < 4.78 is 6.39. The quantitative estimate of drug-likeness (QED) is 0.907. The highest BCUT2D eigenvalue weighted by molar-refractivity contribution is 5.81. The first-order valence-electron chi connectivity index (χ1n) is 8.90. The Balaban J connectivity index is 1.56. The molecule has 5 nitrogen and oxygen atoms in total. The molecule has 1 unspecified atom stereocenters. The Morgan fingerprint density at radius 3 is 2.58 bits per heavy atom. The Hall–Kier alpha value is -2.04. The third-order valence-electron chi connectivity index (χ3n) is 5.58. The number of nitrogens with one attached hydrogen (secondary N) is 1. The highest BCUT2D eigenvalue weighted by atomic mass is 16.5. The summed E-state index contributed by atoms with van der Waals surface area (Å²) in [5.41, 5.74) is 0.799. The molecule has 1 aromatic rings. The minimum Gasteiger partial charge on any atom is -0.487 e. The fourth-order valence-electron chi connectivity index (χ4n) is 3.92. The lowest BCUT2D eigenvalue weighted by molar-refractivity contribution is -0.133. The van der Waals surface area contributed by atoms with Crippen molar-refractivity contribution in [2.75, 3.05) is 13.1 Å². The number of carbonyl (C=O) groups excluding carboxylic acids is 2. The summed E-state index contributed by atoms with van der Waals surface area (Å²) in [6, 6.07) is 8.01. The minimum absolute atomic E-state index is 0.00641. The summed E-state index contributed by atoms with van der Waals surface area (Å²) >= 11 is 0. The Labute approximate surface area is 142 Å². The van der Waals surface area contributed by atoms with E-state index < -0.39 is 0 Å². The average Bonchev–Trinajstić information content (AvgIpc) is 3.40. The van der Waals surface area contributed by atoms with E-state index in [-0.39, 0.29) is 29.4 Å².